The SMILES string of the molecule is CCCCC/C=C/C(=O)Nc1cccc(-c2csc3c(=O)cc(N4CCOCC4)oc23)c1.CCCCC/C=C/C(=O)Nc1cccc(-c2csc3c(=O)cc(N4CCOCC4)oc23)c1.CCCCC/C=C/C(=O)O.CCCCC/C=C/C(=O)O.Nc1cccc(-c2csc3c(=O)cc(N4CCOCC4)oc23)c1.Nc1cccc(-c2csc3c(=O)cc(N4CCOCC4)oc23)c1. The predicted octanol–water partition coefficient (Wildman–Crippen LogP) is 21.2. The number of aliphatic carboxylic acids is 2. The van der Waals surface area contributed by atoms with Crippen molar-refractivity contribution in [3.05, 3.63) is 232 Å². The minimum atomic E-state index is -0.850. The minimum absolute atomic E-state index is 0.00658. The van der Waals surface area contributed by atoms with Gasteiger partial charge in [-0.25, -0.2) is 9.59 Å². The number of carbonyl (C=O) groups excluding carboxylic acids is 2. The van der Waals surface area contributed by atoms with E-state index in [4.69, 9.17) is 58.3 Å². The number of nitrogens with two attached hydrogens (primary N) is 2. The fraction of sp³-hybridized carbons (Fsp3) is 0.360. The Balaban J connectivity index is 0.000000158. The molecule has 2 amide bonds. The summed E-state index contributed by atoms with van der Waals surface area (Å²) in [5.74, 6) is 0.368. The third-order valence-corrected chi connectivity index (χ3v) is 25.2. The van der Waals surface area contributed by atoms with Crippen molar-refractivity contribution in [3.63, 3.8) is 0 Å². The normalized spacial score (nSPS) is 14.1. The van der Waals surface area contributed by atoms with Crippen LogP contribution in [0.3, 0.4) is 0 Å². The molecule has 0 atom stereocenters. The first-order valence-corrected chi connectivity index (χ1v) is 48.0. The number of unbranched alkanes of at least 4 members (excludes halogenated alkanes) is 12. The van der Waals surface area contributed by atoms with Crippen molar-refractivity contribution < 1.29 is 66.0 Å². The first kappa shape index (κ1) is 98.6. The maximum absolute atomic E-state index is 12.7. The summed E-state index contributed by atoms with van der Waals surface area (Å²) in [4.78, 5) is 103. The van der Waals surface area contributed by atoms with Crippen LogP contribution in [0.5, 0.6) is 0 Å². The predicted molar refractivity (Wildman–Crippen MR) is 530 cm³/mol. The Morgan fingerprint density at radius 3 is 0.838 bits per heavy atom. The van der Waals surface area contributed by atoms with Gasteiger partial charge < -0.3 is 88.5 Å². The molecule has 4 aromatic carbocycles. The van der Waals surface area contributed by atoms with E-state index in [1.807, 2.05) is 150 Å². The van der Waals surface area contributed by atoms with Crippen LogP contribution in [-0.4, -0.2) is 139 Å². The first-order valence-electron chi connectivity index (χ1n) is 44.5. The van der Waals surface area contributed by atoms with Gasteiger partial charge in [0, 0.05) is 155 Å². The number of carbonyl (C=O) groups is 4. The smallest absolute Gasteiger partial charge is 0.327 e. The lowest BCUT2D eigenvalue weighted by atomic mass is 10.1. The lowest BCUT2D eigenvalue weighted by Crippen LogP contribution is -2.36. The van der Waals surface area contributed by atoms with E-state index in [1.165, 1.54) is 96.0 Å². The average molecular weight is 1850 g/mol. The first-order chi connectivity index (χ1) is 63.3. The van der Waals surface area contributed by atoms with Crippen LogP contribution in [0, 0.1) is 0 Å². The summed E-state index contributed by atoms with van der Waals surface area (Å²) < 4.78 is 48.6. The number of rotatable bonds is 30. The monoisotopic (exact) mass is 1840 g/mol. The van der Waals surface area contributed by atoms with Gasteiger partial charge in [-0.1, -0.05) is 152 Å². The van der Waals surface area contributed by atoms with Crippen LogP contribution < -0.4 is 63.4 Å². The highest BCUT2D eigenvalue weighted by Gasteiger charge is 2.25. The summed E-state index contributed by atoms with van der Waals surface area (Å²) >= 11 is 5.57. The molecule has 16 rings (SSSR count). The van der Waals surface area contributed by atoms with Gasteiger partial charge in [-0.2, -0.15) is 0 Å². The Morgan fingerprint density at radius 2 is 0.592 bits per heavy atom. The van der Waals surface area contributed by atoms with Crippen LogP contribution in [0.2, 0.25) is 0 Å². The molecule has 26 nitrogen and oxygen atoms in total. The highest BCUT2D eigenvalue weighted by atomic mass is 32.1. The van der Waals surface area contributed by atoms with E-state index in [2.05, 4.69) is 38.3 Å². The number of amides is 2. The number of ether oxygens (including phenoxy) is 4. The van der Waals surface area contributed by atoms with Gasteiger partial charge >= 0.3 is 11.9 Å². The molecule has 8 N–H and O–H groups in total. The zero-order chi connectivity index (χ0) is 91.9. The number of hydrogen-bond donors (Lipinski definition) is 6. The number of hydrogen-bond acceptors (Lipinski definition) is 26. The van der Waals surface area contributed by atoms with Crippen molar-refractivity contribution in [1.29, 1.82) is 0 Å². The number of benzene rings is 4. The van der Waals surface area contributed by atoms with E-state index in [-0.39, 0.29) is 33.5 Å². The van der Waals surface area contributed by atoms with Crippen molar-refractivity contribution in [2.24, 2.45) is 0 Å². The van der Waals surface area contributed by atoms with Crippen LogP contribution in [0.25, 0.3) is 85.6 Å². The van der Waals surface area contributed by atoms with Crippen LogP contribution in [0.1, 0.15) is 130 Å². The molecule has 4 aliphatic rings. The number of nitrogen functional groups attached to an aromatic ring is 2. The molecule has 0 spiro atoms. The second kappa shape index (κ2) is 52.0. The van der Waals surface area contributed by atoms with Crippen molar-refractivity contribution in [1.82, 2.24) is 0 Å². The molecule has 0 aliphatic carbocycles. The zero-order valence-corrected chi connectivity index (χ0v) is 77.4. The summed E-state index contributed by atoms with van der Waals surface area (Å²) in [5, 5.41) is 30.0. The Labute approximate surface area is 771 Å². The number of carboxylic acid groups (broad SMARTS) is 2. The number of fused-ring (bicyclic) bond motifs is 4. The Bertz CT molecular complexity index is 5700. The molecule has 12 heterocycles. The second-order valence-electron chi connectivity index (χ2n) is 31.1. The molecular weight excluding hydrogens is 1730 g/mol. The van der Waals surface area contributed by atoms with Crippen LogP contribution in [-0.2, 0) is 38.1 Å². The fourth-order valence-electron chi connectivity index (χ4n) is 14.4. The van der Waals surface area contributed by atoms with E-state index in [1.54, 1.807) is 48.6 Å². The van der Waals surface area contributed by atoms with Crippen molar-refractivity contribution in [3.8, 4) is 44.5 Å². The van der Waals surface area contributed by atoms with Gasteiger partial charge in [0.05, 0.1) is 52.9 Å². The molecule has 30 heteroatoms. The summed E-state index contributed by atoms with van der Waals surface area (Å²) in [6.07, 6.45) is 30.2. The highest BCUT2D eigenvalue weighted by molar-refractivity contribution is 7.18. The number of anilines is 8. The van der Waals surface area contributed by atoms with Crippen LogP contribution in [0.4, 0.5) is 46.3 Å². The van der Waals surface area contributed by atoms with E-state index in [9.17, 15) is 38.4 Å². The lowest BCUT2D eigenvalue weighted by Gasteiger charge is -2.27. The van der Waals surface area contributed by atoms with Crippen LogP contribution in [0.15, 0.2) is 228 Å². The van der Waals surface area contributed by atoms with Crippen molar-refractivity contribution in [2.45, 2.75) is 130 Å². The standard InChI is InChI=1S/2C25H28N2O4S.2C17H16N2O3S.2C8H14O2/c2*1-2-3-4-5-6-10-22(29)26-19-9-7-8-18(15-19)20-17-32-25-21(28)16-23(31-24(20)25)27-11-13-30-14-12-27;2*18-12-3-1-2-11(8-12)13-10-23-17-14(20)9-15(22-16(13)17)19-4-6-21-7-5-19;2*1-2-3-4-5-6-7-8(9)10/h2*6-10,15-17H,2-5,11-14H2,1H3,(H,26,29);2*1-3,8-10H,4-7,18H2;2*6-7H,2-5H2,1H3,(H,9,10)/b2*10-6+;;;2*7-6+. The number of thiophene rings is 4. The van der Waals surface area contributed by atoms with Gasteiger partial charge in [0.15, 0.2) is 45.9 Å². The number of allylic oxidation sites excluding steroid dienone is 4. The lowest BCUT2D eigenvalue weighted by molar-refractivity contribution is -0.132. The van der Waals surface area contributed by atoms with Crippen molar-refractivity contribution >= 4 is 157 Å². The molecule has 0 radical (unpaired) electrons. The molecule has 0 saturated carbocycles. The maximum atomic E-state index is 12.7. The third-order valence-electron chi connectivity index (χ3n) is 21.2. The largest absolute Gasteiger partial charge is 0.478 e. The maximum Gasteiger partial charge on any atom is 0.327 e. The summed E-state index contributed by atoms with van der Waals surface area (Å²) in [7, 11) is 0. The topological polar surface area (TPSA) is 356 Å². The van der Waals surface area contributed by atoms with Crippen LogP contribution >= 0.6 is 45.3 Å². The molecule has 12 aromatic rings. The molecule has 0 unspecified atom stereocenters. The number of morpholine rings is 4. The Morgan fingerprint density at radius 1 is 0.346 bits per heavy atom. The zero-order valence-electron chi connectivity index (χ0n) is 74.1. The summed E-state index contributed by atoms with van der Waals surface area (Å²) in [6, 6.07) is 36.7. The van der Waals surface area contributed by atoms with Gasteiger partial charge in [-0.05, 0) is 134 Å². The highest BCUT2D eigenvalue weighted by Crippen LogP contribution is 2.41. The molecule has 0 bridgehead atoms. The molecule has 130 heavy (non-hydrogen) atoms. The third kappa shape index (κ3) is 29.5. The van der Waals surface area contributed by atoms with Gasteiger partial charge in [0.2, 0.25) is 33.5 Å². The molecule has 4 fully saturated rings. The van der Waals surface area contributed by atoms with Gasteiger partial charge in [0.1, 0.15) is 18.8 Å². The number of nitrogens with zero attached hydrogens (tertiary/aromatic N) is 4. The van der Waals surface area contributed by atoms with E-state index < -0.39 is 11.9 Å². The quantitative estimate of drug-likeness (QED) is 0.0138. The number of nitrogens with one attached hydrogen (secondary N) is 2. The molecule has 4 aliphatic heterocycles. The average Bonchev–Trinajstić information content (AvgIpc) is 1.64. The van der Waals surface area contributed by atoms with Crippen molar-refractivity contribution in [2.75, 3.05) is 147 Å². The molecular formula is C100H116N8O18S4. The van der Waals surface area contributed by atoms with E-state index >= 15 is 0 Å². The molecule has 688 valence electrons. The number of carboxylic acids is 2. The van der Waals surface area contributed by atoms with Gasteiger partial charge in [0.25, 0.3) is 0 Å². The van der Waals surface area contributed by atoms with E-state index in [0.29, 0.717) is 166 Å². The Hall–Kier alpha value is -12.0. The second-order valence-corrected chi connectivity index (χ2v) is 34.6. The summed E-state index contributed by atoms with van der Waals surface area (Å²) in [5.41, 5.74) is 24.1. The summed E-state index contributed by atoms with van der Waals surface area (Å²) in [6.45, 7) is 19.3. The van der Waals surface area contributed by atoms with Gasteiger partial charge in [-0.15, -0.1) is 45.3 Å². The molecule has 4 saturated heterocycles. The van der Waals surface area contributed by atoms with E-state index in [0.717, 1.165) is 135 Å². The Kier molecular flexibility index (Phi) is 39.4. The molecule has 8 aromatic heterocycles. The minimum Gasteiger partial charge on any atom is -0.478 e. The van der Waals surface area contributed by atoms with Gasteiger partial charge in [-0.3, -0.25) is 28.8 Å². The fourth-order valence-corrected chi connectivity index (χ4v) is 18.0.